The van der Waals surface area contributed by atoms with Crippen molar-refractivity contribution in [1.82, 2.24) is 5.32 Å². The Labute approximate surface area is 278 Å². The number of aliphatic hydroxyl groups is 5. The van der Waals surface area contributed by atoms with Gasteiger partial charge in [0.1, 0.15) is 24.4 Å². The summed E-state index contributed by atoms with van der Waals surface area (Å²) in [4.78, 5) is 12.8. The second-order valence-corrected chi connectivity index (χ2v) is 12.3. The maximum absolute atomic E-state index is 12.8. The van der Waals surface area contributed by atoms with E-state index in [0.717, 1.165) is 64.2 Å². The summed E-state index contributed by atoms with van der Waals surface area (Å²) in [6.45, 7) is 3.56. The van der Waals surface area contributed by atoms with Crippen molar-refractivity contribution in [2.24, 2.45) is 0 Å². The molecule has 1 rings (SSSR count). The lowest BCUT2D eigenvalue weighted by Crippen LogP contribution is -2.60. The standard InChI is InChI=1S/C37H65NO8/c1-3-5-7-9-11-13-15-16-17-19-21-23-25-27-33(41)38-30(29-45-37-36(44)35(43)34(42)32(28-39)46-37)31(40)26-24-22-20-18-14-12-10-8-6-4-2/h6,8,14,16-18,24,26,30-32,34-37,39-40,42-44H,3-5,7,9-13,15,19-23,25,27-29H2,1-2H3,(H,38,41)/b8-6+,17-16-,18-14+,26-24+. The third-order valence-electron chi connectivity index (χ3n) is 8.12. The summed E-state index contributed by atoms with van der Waals surface area (Å²) < 4.78 is 11.1. The Balaban J connectivity index is 2.53. The van der Waals surface area contributed by atoms with Crippen LogP contribution in [-0.4, -0.2) is 87.5 Å². The van der Waals surface area contributed by atoms with Crippen LogP contribution in [0.15, 0.2) is 48.6 Å². The van der Waals surface area contributed by atoms with Crippen molar-refractivity contribution in [1.29, 1.82) is 0 Å². The largest absolute Gasteiger partial charge is 0.394 e. The molecular formula is C37H65NO8. The summed E-state index contributed by atoms with van der Waals surface area (Å²) >= 11 is 0. The summed E-state index contributed by atoms with van der Waals surface area (Å²) in [6.07, 6.45) is 26.0. The molecule has 266 valence electrons. The van der Waals surface area contributed by atoms with Crippen LogP contribution in [-0.2, 0) is 14.3 Å². The number of hydrogen-bond acceptors (Lipinski definition) is 8. The van der Waals surface area contributed by atoms with Crippen LogP contribution in [0.1, 0.15) is 123 Å². The molecule has 0 aromatic carbocycles. The highest BCUT2D eigenvalue weighted by Crippen LogP contribution is 2.22. The van der Waals surface area contributed by atoms with E-state index in [0.29, 0.717) is 6.42 Å². The molecule has 0 aromatic rings. The Bertz CT molecular complexity index is 858. The third-order valence-corrected chi connectivity index (χ3v) is 8.12. The minimum atomic E-state index is -1.57. The fourth-order valence-electron chi connectivity index (χ4n) is 5.19. The highest BCUT2D eigenvalue weighted by molar-refractivity contribution is 5.76. The lowest BCUT2D eigenvalue weighted by atomic mass is 9.99. The number of aliphatic hydroxyl groups excluding tert-OH is 5. The van der Waals surface area contributed by atoms with Crippen LogP contribution in [0.3, 0.4) is 0 Å². The first kappa shape index (κ1) is 42.2. The molecule has 7 atom stereocenters. The van der Waals surface area contributed by atoms with Crippen molar-refractivity contribution >= 4 is 5.91 Å². The summed E-state index contributed by atoms with van der Waals surface area (Å²) in [6, 6.07) is -0.832. The molecule has 46 heavy (non-hydrogen) atoms. The molecular weight excluding hydrogens is 586 g/mol. The van der Waals surface area contributed by atoms with E-state index in [4.69, 9.17) is 9.47 Å². The molecule has 6 N–H and O–H groups in total. The van der Waals surface area contributed by atoms with Gasteiger partial charge in [-0.05, 0) is 64.2 Å². The molecule has 1 aliphatic heterocycles. The second kappa shape index (κ2) is 28.2. The van der Waals surface area contributed by atoms with Crippen molar-refractivity contribution < 1.29 is 39.8 Å². The van der Waals surface area contributed by atoms with E-state index in [1.54, 1.807) is 6.08 Å². The summed E-state index contributed by atoms with van der Waals surface area (Å²) in [5.74, 6) is -0.214. The predicted octanol–water partition coefficient (Wildman–Crippen LogP) is 5.54. The van der Waals surface area contributed by atoms with Gasteiger partial charge >= 0.3 is 0 Å². The van der Waals surface area contributed by atoms with Crippen LogP contribution in [0.2, 0.25) is 0 Å². The minimum absolute atomic E-state index is 0.214. The van der Waals surface area contributed by atoms with Gasteiger partial charge in [0.15, 0.2) is 6.29 Å². The van der Waals surface area contributed by atoms with Gasteiger partial charge in [0.05, 0.1) is 25.4 Å². The van der Waals surface area contributed by atoms with E-state index in [1.807, 2.05) is 6.08 Å². The first-order valence-electron chi connectivity index (χ1n) is 17.9. The molecule has 1 heterocycles. The van der Waals surface area contributed by atoms with Crippen LogP contribution in [0, 0.1) is 0 Å². The van der Waals surface area contributed by atoms with Crippen LogP contribution in [0.4, 0.5) is 0 Å². The average molecular weight is 652 g/mol. The maximum Gasteiger partial charge on any atom is 0.220 e. The minimum Gasteiger partial charge on any atom is -0.394 e. The Morgan fingerprint density at radius 3 is 1.93 bits per heavy atom. The van der Waals surface area contributed by atoms with Crippen LogP contribution < -0.4 is 5.32 Å². The Morgan fingerprint density at radius 1 is 0.739 bits per heavy atom. The number of unbranched alkanes of at least 4 members (excludes halogenated alkanes) is 11. The van der Waals surface area contributed by atoms with E-state index < -0.39 is 49.5 Å². The molecule has 7 unspecified atom stereocenters. The normalized spacial score (nSPS) is 23.7. The second-order valence-electron chi connectivity index (χ2n) is 12.3. The van der Waals surface area contributed by atoms with Gasteiger partial charge in [0, 0.05) is 6.42 Å². The van der Waals surface area contributed by atoms with E-state index in [-0.39, 0.29) is 12.5 Å². The SMILES string of the molecule is CC/C=C/CC/C=C/CC/C=C/C(O)C(COC1OC(CO)C(O)C(O)C1O)NC(=O)CCCCC/C=C\CCCCCCCC. The van der Waals surface area contributed by atoms with Gasteiger partial charge in [0.25, 0.3) is 0 Å². The zero-order valence-electron chi connectivity index (χ0n) is 28.6. The van der Waals surface area contributed by atoms with Gasteiger partial charge in [-0.25, -0.2) is 0 Å². The Kier molecular flexibility index (Phi) is 25.8. The molecule has 1 saturated heterocycles. The van der Waals surface area contributed by atoms with E-state index in [9.17, 15) is 30.3 Å². The number of allylic oxidation sites excluding steroid dienone is 7. The van der Waals surface area contributed by atoms with Crippen molar-refractivity contribution in [2.75, 3.05) is 13.2 Å². The quantitative estimate of drug-likeness (QED) is 0.0501. The molecule has 0 bridgehead atoms. The van der Waals surface area contributed by atoms with Gasteiger partial charge < -0.3 is 40.3 Å². The topological polar surface area (TPSA) is 149 Å². The number of amides is 1. The number of carbonyl (C=O) groups excluding carboxylic acids is 1. The lowest BCUT2D eigenvalue weighted by molar-refractivity contribution is -0.302. The fourth-order valence-corrected chi connectivity index (χ4v) is 5.19. The first-order valence-corrected chi connectivity index (χ1v) is 17.9. The number of rotatable bonds is 27. The summed E-state index contributed by atoms with van der Waals surface area (Å²) in [5, 5.41) is 53.7. The third kappa shape index (κ3) is 19.7. The number of ether oxygens (including phenoxy) is 2. The Morgan fingerprint density at radius 2 is 1.30 bits per heavy atom. The molecule has 0 saturated carbocycles. The Hall–Kier alpha value is -1.85. The molecule has 0 aliphatic carbocycles. The van der Waals surface area contributed by atoms with Gasteiger partial charge in [-0.1, -0.05) is 101 Å². The molecule has 0 aromatic heterocycles. The van der Waals surface area contributed by atoms with Gasteiger partial charge in [-0.3, -0.25) is 4.79 Å². The van der Waals surface area contributed by atoms with Crippen molar-refractivity contribution in [2.45, 2.75) is 166 Å². The van der Waals surface area contributed by atoms with E-state index >= 15 is 0 Å². The van der Waals surface area contributed by atoms with Crippen LogP contribution >= 0.6 is 0 Å². The number of hydrogen-bond donors (Lipinski definition) is 6. The smallest absolute Gasteiger partial charge is 0.220 e. The van der Waals surface area contributed by atoms with Gasteiger partial charge in [-0.2, -0.15) is 0 Å². The molecule has 9 heteroatoms. The van der Waals surface area contributed by atoms with Crippen molar-refractivity contribution in [3.05, 3.63) is 48.6 Å². The van der Waals surface area contributed by atoms with Crippen LogP contribution in [0.25, 0.3) is 0 Å². The van der Waals surface area contributed by atoms with Crippen LogP contribution in [0.5, 0.6) is 0 Å². The predicted molar refractivity (Wildman–Crippen MR) is 184 cm³/mol. The zero-order valence-corrected chi connectivity index (χ0v) is 28.6. The maximum atomic E-state index is 12.8. The molecule has 9 nitrogen and oxygen atoms in total. The summed E-state index contributed by atoms with van der Waals surface area (Å²) in [5.41, 5.74) is 0. The highest BCUT2D eigenvalue weighted by Gasteiger charge is 2.44. The first-order chi connectivity index (χ1) is 22.3. The average Bonchev–Trinajstić information content (AvgIpc) is 3.05. The molecule has 0 spiro atoms. The van der Waals surface area contributed by atoms with E-state index in [2.05, 4.69) is 55.6 Å². The molecule has 1 fully saturated rings. The van der Waals surface area contributed by atoms with Crippen molar-refractivity contribution in [3.8, 4) is 0 Å². The summed E-state index contributed by atoms with van der Waals surface area (Å²) in [7, 11) is 0. The van der Waals surface area contributed by atoms with Crippen molar-refractivity contribution in [3.63, 3.8) is 0 Å². The number of nitrogens with one attached hydrogen (secondary N) is 1. The molecule has 0 radical (unpaired) electrons. The molecule has 1 aliphatic rings. The fraction of sp³-hybridized carbons (Fsp3) is 0.757. The zero-order chi connectivity index (χ0) is 33.8. The monoisotopic (exact) mass is 651 g/mol. The van der Waals surface area contributed by atoms with E-state index in [1.165, 1.54) is 38.5 Å². The number of carbonyl (C=O) groups is 1. The lowest BCUT2D eigenvalue weighted by Gasteiger charge is -2.40. The highest BCUT2D eigenvalue weighted by atomic mass is 16.7. The molecule has 1 amide bonds. The van der Waals surface area contributed by atoms with Gasteiger partial charge in [-0.15, -0.1) is 0 Å². The van der Waals surface area contributed by atoms with Gasteiger partial charge in [0.2, 0.25) is 5.91 Å².